The zero-order valence-electron chi connectivity index (χ0n) is 15.1. The highest BCUT2D eigenvalue weighted by molar-refractivity contribution is 5.85. The third-order valence-electron chi connectivity index (χ3n) is 4.76. The maximum Gasteiger partial charge on any atom is 0.339 e. The fourth-order valence-electron chi connectivity index (χ4n) is 3.24. The molecule has 2 aromatic rings. The van der Waals surface area contributed by atoms with Crippen molar-refractivity contribution in [2.24, 2.45) is 0 Å². The van der Waals surface area contributed by atoms with Crippen LogP contribution in [0.1, 0.15) is 11.1 Å². The molecule has 2 saturated heterocycles. The van der Waals surface area contributed by atoms with Gasteiger partial charge in [0.25, 0.3) is 0 Å². The summed E-state index contributed by atoms with van der Waals surface area (Å²) in [4.78, 5) is 24.2. The van der Waals surface area contributed by atoms with Gasteiger partial charge < -0.3 is 18.9 Å². The number of carbonyl (C=O) groups excluding carboxylic acids is 2. The highest BCUT2D eigenvalue weighted by atomic mass is 19.1. The average molecular weight is 426 g/mol. The van der Waals surface area contributed by atoms with Gasteiger partial charge in [-0.1, -0.05) is 12.1 Å². The van der Waals surface area contributed by atoms with Gasteiger partial charge in [-0.05, 0) is 12.1 Å². The molecule has 0 radical (unpaired) electrons. The van der Waals surface area contributed by atoms with Crippen LogP contribution in [0.25, 0.3) is 0 Å². The molecule has 2 aliphatic rings. The number of hydrogen-bond donors (Lipinski definition) is 0. The van der Waals surface area contributed by atoms with E-state index in [-0.39, 0.29) is 24.3 Å². The van der Waals surface area contributed by atoms with E-state index < -0.39 is 59.6 Å². The van der Waals surface area contributed by atoms with E-state index in [4.69, 9.17) is 18.9 Å². The summed E-state index contributed by atoms with van der Waals surface area (Å²) in [6, 6.07) is 5.72. The van der Waals surface area contributed by atoms with Gasteiger partial charge >= 0.3 is 11.9 Å². The molecule has 30 heavy (non-hydrogen) atoms. The van der Waals surface area contributed by atoms with Crippen molar-refractivity contribution in [3.8, 4) is 0 Å². The van der Waals surface area contributed by atoms with Crippen LogP contribution in [-0.4, -0.2) is 36.4 Å². The molecule has 0 spiro atoms. The van der Waals surface area contributed by atoms with Crippen LogP contribution < -0.4 is 0 Å². The number of ether oxygens (including phenoxy) is 4. The summed E-state index contributed by atoms with van der Waals surface area (Å²) in [6.45, 7) is -0.780. The number of benzene rings is 2. The number of rotatable bonds is 6. The van der Waals surface area contributed by atoms with Crippen molar-refractivity contribution in [1.29, 1.82) is 0 Å². The molecule has 2 aromatic carbocycles. The molecule has 4 rings (SSSR count). The van der Waals surface area contributed by atoms with E-state index in [1.807, 2.05) is 0 Å². The second-order valence-corrected chi connectivity index (χ2v) is 6.74. The molecule has 0 unspecified atom stereocenters. The zero-order chi connectivity index (χ0) is 21.4. The number of hydrogen-bond acceptors (Lipinski definition) is 6. The van der Waals surface area contributed by atoms with E-state index in [1.165, 1.54) is 0 Å². The van der Waals surface area contributed by atoms with Gasteiger partial charge in [0, 0.05) is 23.3 Å². The molecule has 6 nitrogen and oxygen atoms in total. The number of fused-ring (bicyclic) bond motifs is 1. The third kappa shape index (κ3) is 3.88. The molecule has 0 N–H and O–H groups in total. The summed E-state index contributed by atoms with van der Waals surface area (Å²) in [5.41, 5.74) is -0.00637. The summed E-state index contributed by atoms with van der Waals surface area (Å²) in [7, 11) is 0. The van der Waals surface area contributed by atoms with Gasteiger partial charge in [-0.25, -0.2) is 27.2 Å². The average Bonchev–Trinajstić information content (AvgIpc) is 3.14. The molecule has 0 amide bonds. The lowest BCUT2D eigenvalue weighted by Crippen LogP contribution is -2.34. The fourth-order valence-corrected chi connectivity index (χ4v) is 3.24. The lowest BCUT2D eigenvalue weighted by atomic mass is 10.1. The summed E-state index contributed by atoms with van der Waals surface area (Å²) < 4.78 is 74.4. The predicted molar refractivity (Wildman–Crippen MR) is 89.6 cm³/mol. The molecule has 0 aliphatic carbocycles. The highest BCUT2D eigenvalue weighted by Crippen LogP contribution is 2.33. The molecule has 2 fully saturated rings. The topological polar surface area (TPSA) is 71.1 Å². The second-order valence-electron chi connectivity index (χ2n) is 6.74. The molecule has 0 aromatic heterocycles. The van der Waals surface area contributed by atoms with Gasteiger partial charge in [-0.3, -0.25) is 0 Å². The van der Waals surface area contributed by atoms with Crippen LogP contribution in [0.3, 0.4) is 0 Å². The van der Waals surface area contributed by atoms with Crippen molar-refractivity contribution in [2.75, 3.05) is 0 Å². The van der Waals surface area contributed by atoms with E-state index in [0.29, 0.717) is 12.1 Å². The van der Waals surface area contributed by atoms with Gasteiger partial charge in [-0.15, -0.1) is 0 Å². The molecule has 10 heteroatoms. The van der Waals surface area contributed by atoms with E-state index in [2.05, 4.69) is 0 Å². The first kappa shape index (κ1) is 20.3. The Kier molecular flexibility index (Phi) is 5.44. The quantitative estimate of drug-likeness (QED) is 0.523. The van der Waals surface area contributed by atoms with Gasteiger partial charge in [0.2, 0.25) is 0 Å². The Morgan fingerprint density at radius 2 is 1.10 bits per heavy atom. The van der Waals surface area contributed by atoms with Crippen molar-refractivity contribution < 1.29 is 46.1 Å². The van der Waals surface area contributed by atoms with E-state index in [1.54, 1.807) is 0 Å². The lowest BCUT2D eigenvalue weighted by Gasteiger charge is -2.14. The first-order valence-corrected chi connectivity index (χ1v) is 8.85. The minimum absolute atomic E-state index is 0.00319. The van der Waals surface area contributed by atoms with E-state index in [0.717, 1.165) is 24.3 Å². The number of esters is 2. The fraction of sp³-hybridized carbons (Fsp3) is 0.300. The molecule has 0 bridgehead atoms. The summed E-state index contributed by atoms with van der Waals surface area (Å²) in [5, 5.41) is 0. The molecule has 4 atom stereocenters. The Labute approximate surface area is 167 Å². The van der Waals surface area contributed by atoms with Gasteiger partial charge in [0.15, 0.2) is 24.4 Å². The lowest BCUT2D eigenvalue weighted by molar-refractivity contribution is -0.165. The van der Waals surface area contributed by atoms with Crippen LogP contribution >= 0.6 is 0 Å². The minimum Gasteiger partial charge on any atom is -0.453 e. The molecular weight excluding hydrogens is 412 g/mol. The van der Waals surface area contributed by atoms with Crippen molar-refractivity contribution in [2.45, 2.75) is 37.6 Å². The van der Waals surface area contributed by atoms with Crippen LogP contribution in [0.5, 0.6) is 0 Å². The number of halogens is 4. The van der Waals surface area contributed by atoms with Gasteiger partial charge in [0.1, 0.15) is 23.3 Å². The second kappa shape index (κ2) is 8.04. The maximum atomic E-state index is 13.7. The highest BCUT2D eigenvalue weighted by Gasteiger charge is 2.59. The number of carbonyl (C=O) groups is 2. The predicted octanol–water partition coefficient (Wildman–Crippen LogP) is 2.56. The van der Waals surface area contributed by atoms with Gasteiger partial charge in [0.05, 0.1) is 13.2 Å². The third-order valence-corrected chi connectivity index (χ3v) is 4.76. The Morgan fingerprint density at radius 3 is 1.47 bits per heavy atom. The van der Waals surface area contributed by atoms with Crippen LogP contribution in [0.4, 0.5) is 17.6 Å². The maximum absolute atomic E-state index is 13.7. The molecule has 158 valence electrons. The Bertz CT molecular complexity index is 918. The SMILES string of the molecule is O=C1O[C@@H]2[C@@H](OC(=O)[C@@H]2OCc2ccc(F)cc2F)[C@H]1OCc1ccc(F)cc1F. The van der Waals surface area contributed by atoms with Crippen LogP contribution in [0, 0.1) is 23.3 Å². The monoisotopic (exact) mass is 426 g/mol. The Hall–Kier alpha value is -2.98. The minimum atomic E-state index is -1.33. The molecule has 2 aliphatic heterocycles. The first-order chi connectivity index (χ1) is 14.3. The smallest absolute Gasteiger partial charge is 0.339 e. The largest absolute Gasteiger partial charge is 0.453 e. The van der Waals surface area contributed by atoms with Gasteiger partial charge in [-0.2, -0.15) is 0 Å². The first-order valence-electron chi connectivity index (χ1n) is 8.85. The normalized spacial score (nSPS) is 25.2. The van der Waals surface area contributed by atoms with Crippen LogP contribution in [0.15, 0.2) is 36.4 Å². The Morgan fingerprint density at radius 1 is 0.700 bits per heavy atom. The molecule has 2 heterocycles. The van der Waals surface area contributed by atoms with Crippen LogP contribution in [0.2, 0.25) is 0 Å². The molecule has 0 saturated carbocycles. The summed E-state index contributed by atoms with van der Waals surface area (Å²) in [6.07, 6.45) is -4.95. The van der Waals surface area contributed by atoms with Crippen LogP contribution in [-0.2, 0) is 41.8 Å². The summed E-state index contributed by atoms with van der Waals surface area (Å²) in [5.74, 6) is -4.94. The zero-order valence-corrected chi connectivity index (χ0v) is 15.1. The van der Waals surface area contributed by atoms with Crippen molar-refractivity contribution in [3.05, 3.63) is 70.8 Å². The van der Waals surface area contributed by atoms with Crippen molar-refractivity contribution in [1.82, 2.24) is 0 Å². The summed E-state index contributed by atoms with van der Waals surface area (Å²) >= 11 is 0. The standard InChI is InChI=1S/C20H14F4O6/c21-11-3-1-9(13(23)5-11)7-27-17-15-16(30-19(17)25)18(20(26)29-15)28-8-10-2-4-12(22)6-14(10)24/h1-6,15-18H,7-8H2/t15-,16-,17-,18-/m1/s1. The molecular formula is C20H14F4O6. The van der Waals surface area contributed by atoms with E-state index in [9.17, 15) is 27.2 Å². The van der Waals surface area contributed by atoms with E-state index >= 15 is 0 Å². The van der Waals surface area contributed by atoms with Crippen molar-refractivity contribution in [3.63, 3.8) is 0 Å². The van der Waals surface area contributed by atoms with Crippen molar-refractivity contribution >= 4 is 11.9 Å². The Balaban J connectivity index is 1.41.